The summed E-state index contributed by atoms with van der Waals surface area (Å²) in [5.41, 5.74) is 1.78. The molecule has 0 heterocycles. The first-order valence-electron chi connectivity index (χ1n) is 6.58. The van der Waals surface area contributed by atoms with Crippen molar-refractivity contribution in [2.24, 2.45) is 0 Å². The third-order valence-corrected chi connectivity index (χ3v) is 2.63. The van der Waals surface area contributed by atoms with Crippen molar-refractivity contribution in [3.05, 3.63) is 54.6 Å². The van der Waals surface area contributed by atoms with Gasteiger partial charge in [-0.2, -0.15) is 4.39 Å². The zero-order valence-electron chi connectivity index (χ0n) is 11.6. The molecule has 0 aliphatic carbocycles. The van der Waals surface area contributed by atoms with Gasteiger partial charge in [0.2, 0.25) is 0 Å². The molecule has 0 saturated heterocycles. The lowest BCUT2D eigenvalue weighted by molar-refractivity contribution is -0.159. The van der Waals surface area contributed by atoms with Crippen LogP contribution in [-0.4, -0.2) is 18.9 Å². The lowest BCUT2D eigenvalue weighted by atomic mass is 10.2. The summed E-state index contributed by atoms with van der Waals surface area (Å²) in [5.74, 6) is -0.766. The molecule has 1 N–H and O–H groups in total. The van der Waals surface area contributed by atoms with E-state index in [4.69, 9.17) is 4.74 Å². The van der Waals surface area contributed by atoms with Crippen LogP contribution in [0.2, 0.25) is 0 Å². The number of nitrogens with one attached hydrogen (secondary N) is 1. The van der Waals surface area contributed by atoms with Crippen molar-refractivity contribution < 1.29 is 18.7 Å². The highest BCUT2D eigenvalue weighted by atomic mass is 19.1. The summed E-state index contributed by atoms with van der Waals surface area (Å²) >= 11 is 0. The maximum atomic E-state index is 13.4. The maximum absolute atomic E-state index is 13.4. The highest BCUT2D eigenvalue weighted by molar-refractivity contribution is 5.73. The second-order valence-electron chi connectivity index (χ2n) is 4.20. The van der Waals surface area contributed by atoms with Crippen molar-refractivity contribution in [1.29, 1.82) is 0 Å². The fraction of sp³-hybridized carbons (Fsp3) is 0.188. The van der Waals surface area contributed by atoms with Crippen LogP contribution >= 0.6 is 0 Å². The van der Waals surface area contributed by atoms with Gasteiger partial charge in [-0.05, 0) is 43.3 Å². The number of carbonyl (C=O) groups excluding carboxylic acids is 1. The van der Waals surface area contributed by atoms with Gasteiger partial charge in [-0.25, -0.2) is 4.79 Å². The summed E-state index contributed by atoms with van der Waals surface area (Å²) in [6.07, 6.45) is -2.11. The van der Waals surface area contributed by atoms with Gasteiger partial charge in [-0.15, -0.1) is 0 Å². The summed E-state index contributed by atoms with van der Waals surface area (Å²) in [6, 6.07) is 16.3. The number of para-hydroxylation sites is 1. The Balaban J connectivity index is 1.94. The van der Waals surface area contributed by atoms with Crippen molar-refractivity contribution in [3.8, 4) is 5.75 Å². The Morgan fingerprint density at radius 2 is 1.71 bits per heavy atom. The highest BCUT2D eigenvalue weighted by Crippen LogP contribution is 2.20. The van der Waals surface area contributed by atoms with Crippen LogP contribution in [0.4, 0.5) is 15.8 Å². The molecule has 4 nitrogen and oxygen atoms in total. The zero-order chi connectivity index (χ0) is 15.1. The molecule has 2 aromatic rings. The van der Waals surface area contributed by atoms with E-state index in [1.165, 1.54) is 0 Å². The van der Waals surface area contributed by atoms with Gasteiger partial charge in [0.1, 0.15) is 5.75 Å². The van der Waals surface area contributed by atoms with E-state index < -0.39 is 12.3 Å². The minimum Gasteiger partial charge on any atom is -0.461 e. The minimum atomic E-state index is -2.11. The van der Waals surface area contributed by atoms with Gasteiger partial charge >= 0.3 is 12.3 Å². The van der Waals surface area contributed by atoms with Crippen molar-refractivity contribution >= 4 is 17.3 Å². The van der Waals surface area contributed by atoms with E-state index >= 15 is 0 Å². The molecule has 0 amide bonds. The Morgan fingerprint density at radius 1 is 1.10 bits per heavy atom. The van der Waals surface area contributed by atoms with Crippen LogP contribution in [0.25, 0.3) is 0 Å². The molecule has 110 valence electrons. The van der Waals surface area contributed by atoms with Gasteiger partial charge in [0.25, 0.3) is 0 Å². The average molecular weight is 289 g/mol. The summed E-state index contributed by atoms with van der Waals surface area (Å²) in [5, 5.41) is 3.19. The third-order valence-electron chi connectivity index (χ3n) is 2.63. The summed E-state index contributed by atoms with van der Waals surface area (Å²) in [6.45, 7) is 1.72. The standard InChI is InChI=1S/C16H16FNO3/c1-2-20-16(19)15(17)21-14-10-8-13(9-11-14)18-12-6-4-3-5-7-12/h3-11,15,18H,2H2,1H3. The number of hydrogen-bond acceptors (Lipinski definition) is 4. The molecule has 0 saturated carbocycles. The third kappa shape index (κ3) is 4.49. The summed E-state index contributed by atoms with van der Waals surface area (Å²) in [4.78, 5) is 11.1. The van der Waals surface area contributed by atoms with Crippen molar-refractivity contribution in [2.75, 3.05) is 11.9 Å². The minimum absolute atomic E-state index is 0.114. The average Bonchev–Trinajstić information content (AvgIpc) is 2.50. The molecule has 0 aliphatic rings. The van der Waals surface area contributed by atoms with Crippen LogP contribution in [0.5, 0.6) is 5.75 Å². The van der Waals surface area contributed by atoms with Crippen molar-refractivity contribution in [1.82, 2.24) is 0 Å². The number of ether oxygens (including phenoxy) is 2. The van der Waals surface area contributed by atoms with Crippen molar-refractivity contribution in [2.45, 2.75) is 13.3 Å². The molecular weight excluding hydrogens is 273 g/mol. The molecule has 0 aliphatic heterocycles. The molecule has 1 unspecified atom stereocenters. The molecule has 2 aromatic carbocycles. The Hall–Kier alpha value is -2.56. The van der Waals surface area contributed by atoms with Crippen LogP contribution in [-0.2, 0) is 9.53 Å². The molecule has 0 fully saturated rings. The fourth-order valence-corrected chi connectivity index (χ4v) is 1.68. The quantitative estimate of drug-likeness (QED) is 0.824. The van der Waals surface area contributed by atoms with Gasteiger partial charge in [0.05, 0.1) is 6.61 Å². The van der Waals surface area contributed by atoms with Gasteiger partial charge in [0.15, 0.2) is 0 Å². The molecule has 0 radical (unpaired) electrons. The lowest BCUT2D eigenvalue weighted by Crippen LogP contribution is -2.24. The molecule has 21 heavy (non-hydrogen) atoms. The Bertz CT molecular complexity index is 572. The summed E-state index contributed by atoms with van der Waals surface area (Å²) in [7, 11) is 0. The smallest absolute Gasteiger partial charge is 0.381 e. The second-order valence-corrected chi connectivity index (χ2v) is 4.20. The van der Waals surface area contributed by atoms with E-state index in [0.717, 1.165) is 11.4 Å². The lowest BCUT2D eigenvalue weighted by Gasteiger charge is -2.11. The van der Waals surface area contributed by atoms with Crippen LogP contribution in [0.15, 0.2) is 54.6 Å². The highest BCUT2D eigenvalue weighted by Gasteiger charge is 2.20. The molecule has 5 heteroatoms. The SMILES string of the molecule is CCOC(=O)C(F)Oc1ccc(Nc2ccccc2)cc1. The van der Waals surface area contributed by atoms with Gasteiger partial charge in [-0.3, -0.25) is 0 Å². The van der Waals surface area contributed by atoms with Gasteiger partial charge < -0.3 is 14.8 Å². The Labute approximate surface area is 122 Å². The molecule has 0 bridgehead atoms. The Kier molecular flexibility index (Phi) is 5.15. The second kappa shape index (κ2) is 7.28. The number of benzene rings is 2. The van der Waals surface area contributed by atoms with E-state index in [-0.39, 0.29) is 12.4 Å². The fourth-order valence-electron chi connectivity index (χ4n) is 1.68. The number of carbonyl (C=O) groups is 1. The normalized spacial score (nSPS) is 11.5. The van der Waals surface area contributed by atoms with E-state index in [1.54, 1.807) is 31.2 Å². The number of alkyl halides is 1. The van der Waals surface area contributed by atoms with E-state index in [9.17, 15) is 9.18 Å². The van der Waals surface area contributed by atoms with Gasteiger partial charge in [-0.1, -0.05) is 18.2 Å². The van der Waals surface area contributed by atoms with E-state index in [0.29, 0.717) is 0 Å². The molecule has 0 spiro atoms. The zero-order valence-corrected chi connectivity index (χ0v) is 11.6. The topological polar surface area (TPSA) is 47.6 Å². The molecular formula is C16H16FNO3. The van der Waals surface area contributed by atoms with Crippen LogP contribution < -0.4 is 10.1 Å². The molecule has 0 aromatic heterocycles. The largest absolute Gasteiger partial charge is 0.461 e. The number of halogens is 1. The van der Waals surface area contributed by atoms with E-state index in [1.807, 2.05) is 30.3 Å². The number of rotatable bonds is 6. The first-order chi connectivity index (χ1) is 10.2. The molecule has 2 rings (SSSR count). The number of hydrogen-bond donors (Lipinski definition) is 1. The number of esters is 1. The summed E-state index contributed by atoms with van der Waals surface area (Å²) < 4.78 is 22.8. The maximum Gasteiger partial charge on any atom is 0.381 e. The monoisotopic (exact) mass is 289 g/mol. The van der Waals surface area contributed by atoms with Crippen LogP contribution in [0.3, 0.4) is 0 Å². The predicted molar refractivity (Wildman–Crippen MR) is 78.3 cm³/mol. The first-order valence-corrected chi connectivity index (χ1v) is 6.58. The van der Waals surface area contributed by atoms with Gasteiger partial charge in [0, 0.05) is 11.4 Å². The van der Waals surface area contributed by atoms with Crippen LogP contribution in [0.1, 0.15) is 6.92 Å². The van der Waals surface area contributed by atoms with E-state index in [2.05, 4.69) is 10.1 Å². The van der Waals surface area contributed by atoms with Crippen molar-refractivity contribution in [3.63, 3.8) is 0 Å². The Morgan fingerprint density at radius 3 is 2.33 bits per heavy atom. The first kappa shape index (κ1) is 14.8. The number of anilines is 2. The molecule has 1 atom stereocenters. The predicted octanol–water partition coefficient (Wildman–Crippen LogP) is 3.67. The van der Waals surface area contributed by atoms with Crippen LogP contribution in [0, 0.1) is 0 Å².